The van der Waals surface area contributed by atoms with Gasteiger partial charge < -0.3 is 5.32 Å². The van der Waals surface area contributed by atoms with E-state index in [-0.39, 0.29) is 5.91 Å². The molecule has 2 heterocycles. The fourth-order valence-electron chi connectivity index (χ4n) is 3.52. The third-order valence-electron chi connectivity index (χ3n) is 5.34. The first-order valence-electron chi connectivity index (χ1n) is 9.64. The first kappa shape index (κ1) is 18.8. The molecule has 4 nitrogen and oxygen atoms in total. The summed E-state index contributed by atoms with van der Waals surface area (Å²) in [5.74, 6) is -0.0223. The highest BCUT2D eigenvalue weighted by atomic mass is 32.1. The predicted octanol–water partition coefficient (Wildman–Crippen LogP) is 4.62. The molecule has 3 aromatic rings. The predicted molar refractivity (Wildman–Crippen MR) is 114 cm³/mol. The number of amides is 1. The number of hydrogen-bond acceptors (Lipinski definition) is 4. The van der Waals surface area contributed by atoms with E-state index in [4.69, 9.17) is 4.98 Å². The van der Waals surface area contributed by atoms with Gasteiger partial charge in [-0.15, -0.1) is 11.3 Å². The van der Waals surface area contributed by atoms with E-state index < -0.39 is 5.41 Å². The summed E-state index contributed by atoms with van der Waals surface area (Å²) in [4.78, 5) is 21.3. The van der Waals surface area contributed by atoms with Crippen molar-refractivity contribution in [3.8, 4) is 0 Å². The number of anilines is 1. The average molecular weight is 392 g/mol. The molecule has 0 saturated carbocycles. The maximum absolute atomic E-state index is 12.9. The molecule has 0 aliphatic carbocycles. The normalized spacial score (nSPS) is 14.5. The summed E-state index contributed by atoms with van der Waals surface area (Å²) in [7, 11) is 0. The van der Waals surface area contributed by atoms with Crippen molar-refractivity contribution in [3.63, 3.8) is 0 Å². The molecule has 0 spiro atoms. The summed E-state index contributed by atoms with van der Waals surface area (Å²) in [6.45, 7) is 6.73. The molecular weight excluding hydrogens is 366 g/mol. The number of fused-ring (bicyclic) bond motifs is 1. The summed E-state index contributed by atoms with van der Waals surface area (Å²) in [6, 6.07) is 20.4. The Labute approximate surface area is 170 Å². The smallest absolute Gasteiger partial charge is 0.236 e. The zero-order chi connectivity index (χ0) is 19.6. The van der Waals surface area contributed by atoms with Gasteiger partial charge >= 0.3 is 0 Å². The summed E-state index contributed by atoms with van der Waals surface area (Å²) in [6.07, 6.45) is 0.927. The van der Waals surface area contributed by atoms with Crippen LogP contribution in [0.15, 0.2) is 60.7 Å². The Bertz CT molecular complexity index is 950. The Morgan fingerprint density at radius 1 is 1.11 bits per heavy atom. The molecule has 1 aromatic heterocycles. The van der Waals surface area contributed by atoms with Gasteiger partial charge in [-0.2, -0.15) is 0 Å². The topological polar surface area (TPSA) is 45.2 Å². The zero-order valence-electron chi connectivity index (χ0n) is 16.3. The highest BCUT2D eigenvalue weighted by Crippen LogP contribution is 2.31. The lowest BCUT2D eigenvalue weighted by Crippen LogP contribution is -2.34. The van der Waals surface area contributed by atoms with Gasteiger partial charge in [0.1, 0.15) is 0 Å². The van der Waals surface area contributed by atoms with Crippen molar-refractivity contribution in [2.45, 2.75) is 38.8 Å². The number of carbonyl (C=O) groups excluding carboxylic acids is 1. The second-order valence-corrected chi connectivity index (χ2v) is 8.86. The van der Waals surface area contributed by atoms with Crippen molar-refractivity contribution >= 4 is 22.4 Å². The van der Waals surface area contributed by atoms with Gasteiger partial charge in [0.2, 0.25) is 5.91 Å². The van der Waals surface area contributed by atoms with Crippen LogP contribution >= 0.6 is 11.3 Å². The van der Waals surface area contributed by atoms with Gasteiger partial charge in [-0.1, -0.05) is 60.7 Å². The number of benzene rings is 2. The van der Waals surface area contributed by atoms with E-state index in [0.29, 0.717) is 5.13 Å². The molecule has 0 fully saturated rings. The Balaban J connectivity index is 1.44. The second-order valence-electron chi connectivity index (χ2n) is 7.78. The maximum Gasteiger partial charge on any atom is 0.236 e. The number of nitrogens with one attached hydrogen (secondary N) is 1. The summed E-state index contributed by atoms with van der Waals surface area (Å²) in [5, 5.41) is 3.76. The van der Waals surface area contributed by atoms with Gasteiger partial charge in [0.05, 0.1) is 11.1 Å². The molecule has 1 aliphatic heterocycles. The lowest BCUT2D eigenvalue weighted by molar-refractivity contribution is -0.120. The van der Waals surface area contributed by atoms with E-state index >= 15 is 0 Å². The first-order valence-corrected chi connectivity index (χ1v) is 10.5. The molecule has 1 aliphatic rings. The average Bonchev–Trinajstić information content (AvgIpc) is 3.11. The molecule has 2 aromatic carbocycles. The van der Waals surface area contributed by atoms with Crippen LogP contribution in [-0.4, -0.2) is 22.3 Å². The molecule has 0 atom stereocenters. The number of thiazole rings is 1. The van der Waals surface area contributed by atoms with Gasteiger partial charge in [0.15, 0.2) is 5.13 Å². The zero-order valence-corrected chi connectivity index (χ0v) is 17.1. The van der Waals surface area contributed by atoms with Crippen molar-refractivity contribution in [2.75, 3.05) is 11.9 Å². The molecule has 0 saturated heterocycles. The van der Waals surface area contributed by atoms with Crippen LogP contribution in [0.25, 0.3) is 0 Å². The van der Waals surface area contributed by atoms with Crippen LogP contribution in [0.5, 0.6) is 0 Å². The Morgan fingerprint density at radius 3 is 2.50 bits per heavy atom. The molecule has 28 heavy (non-hydrogen) atoms. The summed E-state index contributed by atoms with van der Waals surface area (Å²) >= 11 is 1.60. The standard InChI is InChI=1S/C23H25N3OS/c1-23(2,18-11-7-4-8-12-18)21(27)25-22-24-19-13-14-26(16-20(19)28-22)15-17-9-5-3-6-10-17/h3-12H,13-16H2,1-2H3,(H,24,25,27). The fraction of sp³-hybridized carbons (Fsp3) is 0.304. The number of hydrogen-bond donors (Lipinski definition) is 1. The van der Waals surface area contributed by atoms with E-state index in [9.17, 15) is 4.79 Å². The van der Waals surface area contributed by atoms with Gasteiger partial charge in [-0.05, 0) is 25.0 Å². The monoisotopic (exact) mass is 391 g/mol. The SMILES string of the molecule is CC(C)(C(=O)Nc1nc2c(s1)CN(Cc1ccccc1)CC2)c1ccccc1. The van der Waals surface area contributed by atoms with E-state index in [1.54, 1.807) is 11.3 Å². The molecule has 0 unspecified atom stereocenters. The van der Waals surface area contributed by atoms with Crippen LogP contribution in [0.3, 0.4) is 0 Å². The molecule has 144 valence electrons. The molecule has 1 N–H and O–H groups in total. The minimum Gasteiger partial charge on any atom is -0.301 e. The number of rotatable bonds is 5. The number of nitrogens with zero attached hydrogens (tertiary/aromatic N) is 2. The highest BCUT2D eigenvalue weighted by molar-refractivity contribution is 7.15. The van der Waals surface area contributed by atoms with Crippen molar-refractivity contribution in [1.82, 2.24) is 9.88 Å². The Hall–Kier alpha value is -2.50. The fourth-order valence-corrected chi connectivity index (χ4v) is 4.56. The summed E-state index contributed by atoms with van der Waals surface area (Å²) < 4.78 is 0. The van der Waals surface area contributed by atoms with Crippen LogP contribution in [-0.2, 0) is 29.7 Å². The van der Waals surface area contributed by atoms with Crippen molar-refractivity contribution in [1.29, 1.82) is 0 Å². The largest absolute Gasteiger partial charge is 0.301 e. The van der Waals surface area contributed by atoms with Crippen LogP contribution < -0.4 is 5.32 Å². The Kier molecular flexibility index (Phi) is 5.29. The van der Waals surface area contributed by atoms with Gasteiger partial charge in [-0.25, -0.2) is 4.98 Å². The van der Waals surface area contributed by atoms with Crippen molar-refractivity contribution < 1.29 is 4.79 Å². The van der Waals surface area contributed by atoms with Crippen LogP contribution in [0.1, 0.15) is 35.5 Å². The quantitative estimate of drug-likeness (QED) is 0.690. The second kappa shape index (κ2) is 7.86. The van der Waals surface area contributed by atoms with Crippen LogP contribution in [0.2, 0.25) is 0 Å². The van der Waals surface area contributed by atoms with Crippen molar-refractivity contribution in [3.05, 3.63) is 82.4 Å². The van der Waals surface area contributed by atoms with Crippen molar-refractivity contribution in [2.24, 2.45) is 0 Å². The number of aromatic nitrogens is 1. The molecule has 5 heteroatoms. The van der Waals surface area contributed by atoms with E-state index in [1.807, 2.05) is 50.2 Å². The molecule has 4 rings (SSSR count). The van der Waals surface area contributed by atoms with E-state index in [1.165, 1.54) is 10.4 Å². The maximum atomic E-state index is 12.9. The van der Waals surface area contributed by atoms with Crippen LogP contribution in [0, 0.1) is 0 Å². The lowest BCUT2D eigenvalue weighted by atomic mass is 9.84. The minimum atomic E-state index is -0.604. The summed E-state index contributed by atoms with van der Waals surface area (Å²) in [5.41, 5.74) is 2.85. The molecule has 1 amide bonds. The van der Waals surface area contributed by atoms with E-state index in [0.717, 1.165) is 37.3 Å². The molecule has 0 bridgehead atoms. The van der Waals surface area contributed by atoms with Gasteiger partial charge in [0, 0.05) is 30.9 Å². The van der Waals surface area contributed by atoms with E-state index in [2.05, 4.69) is 34.5 Å². The minimum absolute atomic E-state index is 0.0223. The highest BCUT2D eigenvalue weighted by Gasteiger charge is 2.31. The van der Waals surface area contributed by atoms with Gasteiger partial charge in [0.25, 0.3) is 0 Å². The van der Waals surface area contributed by atoms with Crippen LogP contribution in [0.4, 0.5) is 5.13 Å². The van der Waals surface area contributed by atoms with Gasteiger partial charge in [-0.3, -0.25) is 9.69 Å². The molecule has 0 radical (unpaired) electrons. The third kappa shape index (κ3) is 4.01. The lowest BCUT2D eigenvalue weighted by Gasteiger charge is -2.25. The molecular formula is C23H25N3OS. The number of carbonyl (C=O) groups is 1. The third-order valence-corrected chi connectivity index (χ3v) is 6.34. The first-order chi connectivity index (χ1) is 13.5. The Morgan fingerprint density at radius 2 is 1.79 bits per heavy atom.